The number of aliphatic hydroxyl groups is 1. The van der Waals surface area contributed by atoms with Crippen LogP contribution >= 0.6 is 15.9 Å². The zero-order chi connectivity index (χ0) is 11.2. The maximum atomic E-state index is 9.43. The van der Waals surface area contributed by atoms with E-state index in [9.17, 15) is 5.11 Å². The number of halogens is 1. The van der Waals surface area contributed by atoms with Crippen molar-refractivity contribution in [2.45, 2.75) is 18.3 Å². The van der Waals surface area contributed by atoms with Crippen LogP contribution in [-0.2, 0) is 5.41 Å². The van der Waals surface area contributed by atoms with Crippen molar-refractivity contribution in [2.75, 3.05) is 6.61 Å². The topological polar surface area (TPSA) is 20.2 Å². The summed E-state index contributed by atoms with van der Waals surface area (Å²) in [5.41, 5.74) is 1.34. The minimum Gasteiger partial charge on any atom is -0.395 e. The molecule has 0 bridgehead atoms. The lowest BCUT2D eigenvalue weighted by molar-refractivity contribution is 0.255. The van der Waals surface area contributed by atoms with Crippen molar-refractivity contribution in [2.24, 2.45) is 0 Å². The van der Waals surface area contributed by atoms with E-state index >= 15 is 0 Å². The zero-order valence-electron chi connectivity index (χ0n) is 8.91. The minimum absolute atomic E-state index is 0.0660. The highest BCUT2D eigenvalue weighted by Crippen LogP contribution is 2.48. The second kappa shape index (κ2) is 3.57. The van der Waals surface area contributed by atoms with Gasteiger partial charge in [0.2, 0.25) is 0 Å². The molecule has 0 saturated heterocycles. The van der Waals surface area contributed by atoms with Crippen LogP contribution < -0.4 is 0 Å². The van der Waals surface area contributed by atoms with E-state index in [1.807, 2.05) is 0 Å². The Kier molecular flexibility index (Phi) is 2.30. The molecule has 1 N–H and O–H groups in total. The fourth-order valence-corrected chi connectivity index (χ4v) is 2.62. The molecule has 0 aromatic heterocycles. The molecule has 0 unspecified atom stereocenters. The maximum Gasteiger partial charge on any atom is 0.0527 e. The second-order valence-electron chi connectivity index (χ2n) is 4.64. The molecule has 0 amide bonds. The van der Waals surface area contributed by atoms with E-state index in [4.69, 9.17) is 0 Å². The van der Waals surface area contributed by atoms with Crippen molar-refractivity contribution in [3.8, 4) is 0 Å². The fraction of sp³-hybridized carbons (Fsp3) is 0.286. The van der Waals surface area contributed by atoms with E-state index in [0.29, 0.717) is 0 Å². The third-order valence-electron chi connectivity index (χ3n) is 3.57. The van der Waals surface area contributed by atoms with Crippen molar-refractivity contribution in [1.29, 1.82) is 0 Å². The van der Waals surface area contributed by atoms with Gasteiger partial charge >= 0.3 is 0 Å². The maximum absolute atomic E-state index is 9.43. The molecule has 1 saturated carbocycles. The lowest BCUT2D eigenvalue weighted by atomic mass is 9.94. The van der Waals surface area contributed by atoms with Crippen LogP contribution in [0.1, 0.15) is 18.4 Å². The molecule has 1 aliphatic carbocycles. The van der Waals surface area contributed by atoms with E-state index in [2.05, 4.69) is 52.3 Å². The van der Waals surface area contributed by atoms with Crippen molar-refractivity contribution >= 4 is 26.7 Å². The smallest absolute Gasteiger partial charge is 0.0527 e. The van der Waals surface area contributed by atoms with Gasteiger partial charge in [-0.1, -0.05) is 40.2 Å². The Balaban J connectivity index is 2.15. The average molecular weight is 277 g/mol. The van der Waals surface area contributed by atoms with Gasteiger partial charge in [-0.05, 0) is 41.3 Å². The molecule has 1 fully saturated rings. The first kappa shape index (κ1) is 10.3. The van der Waals surface area contributed by atoms with Crippen LogP contribution in [0.5, 0.6) is 0 Å². The molecule has 1 nitrogen and oxygen atoms in total. The molecule has 0 radical (unpaired) electrons. The van der Waals surface area contributed by atoms with Crippen molar-refractivity contribution in [3.05, 3.63) is 46.4 Å². The summed E-state index contributed by atoms with van der Waals surface area (Å²) >= 11 is 3.49. The summed E-state index contributed by atoms with van der Waals surface area (Å²) in [7, 11) is 0. The number of aliphatic hydroxyl groups excluding tert-OH is 1. The normalized spacial score (nSPS) is 17.6. The molecule has 0 spiro atoms. The van der Waals surface area contributed by atoms with Crippen molar-refractivity contribution in [3.63, 3.8) is 0 Å². The van der Waals surface area contributed by atoms with Crippen molar-refractivity contribution in [1.82, 2.24) is 0 Å². The molecule has 16 heavy (non-hydrogen) atoms. The standard InChI is InChI=1S/C14H13BrO/c15-13-4-2-10-1-3-12(7-11(10)8-13)14(9-16)5-6-14/h1-4,7-8,16H,5-6,9H2. The van der Waals surface area contributed by atoms with Gasteiger partial charge in [-0.2, -0.15) is 0 Å². The van der Waals surface area contributed by atoms with Gasteiger partial charge in [0.1, 0.15) is 0 Å². The molecule has 0 aliphatic heterocycles. The van der Waals surface area contributed by atoms with Crippen LogP contribution in [0.3, 0.4) is 0 Å². The third-order valence-corrected chi connectivity index (χ3v) is 4.06. The van der Waals surface area contributed by atoms with E-state index in [1.165, 1.54) is 16.3 Å². The lowest BCUT2D eigenvalue weighted by Crippen LogP contribution is -2.11. The largest absolute Gasteiger partial charge is 0.395 e. The van der Waals surface area contributed by atoms with Crippen LogP contribution in [-0.4, -0.2) is 11.7 Å². The van der Waals surface area contributed by atoms with Crippen LogP contribution in [0, 0.1) is 0 Å². The lowest BCUT2D eigenvalue weighted by Gasteiger charge is -2.13. The summed E-state index contributed by atoms with van der Waals surface area (Å²) in [6.07, 6.45) is 2.23. The predicted molar refractivity (Wildman–Crippen MR) is 69.6 cm³/mol. The molecule has 0 heterocycles. The molecule has 0 atom stereocenters. The first-order chi connectivity index (χ1) is 7.73. The van der Waals surface area contributed by atoms with Gasteiger partial charge in [-0.15, -0.1) is 0 Å². The van der Waals surface area contributed by atoms with Gasteiger partial charge in [0.25, 0.3) is 0 Å². The highest BCUT2D eigenvalue weighted by Gasteiger charge is 2.43. The van der Waals surface area contributed by atoms with Gasteiger partial charge in [0, 0.05) is 9.89 Å². The van der Waals surface area contributed by atoms with Gasteiger partial charge in [0.15, 0.2) is 0 Å². The van der Waals surface area contributed by atoms with Gasteiger partial charge in [-0.3, -0.25) is 0 Å². The summed E-state index contributed by atoms with van der Waals surface area (Å²) in [4.78, 5) is 0. The average Bonchev–Trinajstić information content (AvgIpc) is 3.09. The first-order valence-electron chi connectivity index (χ1n) is 5.54. The van der Waals surface area contributed by atoms with Crippen LogP contribution in [0.4, 0.5) is 0 Å². The zero-order valence-corrected chi connectivity index (χ0v) is 10.5. The third kappa shape index (κ3) is 1.57. The van der Waals surface area contributed by atoms with Gasteiger partial charge < -0.3 is 5.11 Å². The molecule has 2 heteroatoms. The molecule has 2 aromatic carbocycles. The second-order valence-corrected chi connectivity index (χ2v) is 5.56. The summed E-state index contributed by atoms with van der Waals surface area (Å²) < 4.78 is 1.10. The van der Waals surface area contributed by atoms with E-state index in [1.54, 1.807) is 0 Å². The van der Waals surface area contributed by atoms with E-state index in [0.717, 1.165) is 17.3 Å². The Morgan fingerprint density at radius 2 is 1.81 bits per heavy atom. The summed E-state index contributed by atoms with van der Waals surface area (Å²) in [5, 5.41) is 11.9. The molecule has 1 aliphatic rings. The molecular weight excluding hydrogens is 264 g/mol. The van der Waals surface area contributed by atoms with Crippen LogP contribution in [0.15, 0.2) is 40.9 Å². The van der Waals surface area contributed by atoms with E-state index < -0.39 is 0 Å². The van der Waals surface area contributed by atoms with Crippen molar-refractivity contribution < 1.29 is 5.11 Å². The Labute approximate surface area is 103 Å². The minimum atomic E-state index is 0.0660. The highest BCUT2D eigenvalue weighted by molar-refractivity contribution is 9.10. The summed E-state index contributed by atoms with van der Waals surface area (Å²) in [6.45, 7) is 0.270. The van der Waals surface area contributed by atoms with Gasteiger partial charge in [0.05, 0.1) is 6.61 Å². The quantitative estimate of drug-likeness (QED) is 0.888. The highest BCUT2D eigenvalue weighted by atomic mass is 79.9. The van der Waals surface area contributed by atoms with Crippen LogP contribution in [0.25, 0.3) is 10.8 Å². The Morgan fingerprint density at radius 3 is 2.50 bits per heavy atom. The number of benzene rings is 2. The summed E-state index contributed by atoms with van der Waals surface area (Å²) in [5.74, 6) is 0. The monoisotopic (exact) mass is 276 g/mol. The predicted octanol–water partition coefficient (Wildman–Crippen LogP) is 3.63. The Hall–Kier alpha value is -0.860. The first-order valence-corrected chi connectivity index (χ1v) is 6.33. The van der Waals surface area contributed by atoms with Crippen LogP contribution in [0.2, 0.25) is 0 Å². The Bertz CT molecular complexity index is 543. The number of hydrogen-bond donors (Lipinski definition) is 1. The fourth-order valence-electron chi connectivity index (χ4n) is 2.24. The Morgan fingerprint density at radius 1 is 1.06 bits per heavy atom. The molecular formula is C14H13BrO. The van der Waals surface area contributed by atoms with Gasteiger partial charge in [-0.25, -0.2) is 0 Å². The van der Waals surface area contributed by atoms with E-state index in [-0.39, 0.29) is 12.0 Å². The molecule has 82 valence electrons. The summed E-state index contributed by atoms with van der Waals surface area (Å²) in [6, 6.07) is 12.8. The number of fused-ring (bicyclic) bond motifs is 1. The molecule has 2 aromatic rings. The number of rotatable bonds is 2. The molecule has 3 rings (SSSR count). The SMILES string of the molecule is OCC1(c2ccc3ccc(Br)cc3c2)CC1. The number of hydrogen-bond acceptors (Lipinski definition) is 1.